The van der Waals surface area contributed by atoms with Crippen molar-refractivity contribution in [3.05, 3.63) is 42.0 Å². The molecule has 0 N–H and O–H groups in total. The summed E-state index contributed by atoms with van der Waals surface area (Å²) in [6.07, 6.45) is 4.05. The summed E-state index contributed by atoms with van der Waals surface area (Å²) in [5, 5.41) is 0.0316. The van der Waals surface area contributed by atoms with Gasteiger partial charge in [0.2, 0.25) is 0 Å². The monoisotopic (exact) mass is 769 g/mol. The zero-order valence-electron chi connectivity index (χ0n) is 35.5. The highest BCUT2D eigenvalue weighted by Crippen LogP contribution is 2.41. The van der Waals surface area contributed by atoms with Gasteiger partial charge in [-0.2, -0.15) is 0 Å². The van der Waals surface area contributed by atoms with Crippen molar-refractivity contribution in [3.63, 3.8) is 0 Å². The summed E-state index contributed by atoms with van der Waals surface area (Å²) in [7, 11) is 1.09. The van der Waals surface area contributed by atoms with E-state index >= 15 is 0 Å². The lowest BCUT2D eigenvalue weighted by Crippen LogP contribution is -2.50. The lowest BCUT2D eigenvalue weighted by molar-refractivity contribution is -0.256. The van der Waals surface area contributed by atoms with E-state index in [1.807, 2.05) is 24.3 Å². The Balaban J connectivity index is 2.39. The second-order valence-corrected chi connectivity index (χ2v) is 26.0. The van der Waals surface area contributed by atoms with Crippen LogP contribution in [0.3, 0.4) is 0 Å². The van der Waals surface area contributed by atoms with Gasteiger partial charge < -0.3 is 42.0 Å². The van der Waals surface area contributed by atoms with Gasteiger partial charge in [-0.15, -0.1) is 0 Å². The second-order valence-electron chi connectivity index (χ2n) is 16.5. The van der Waals surface area contributed by atoms with Crippen LogP contribution in [0.1, 0.15) is 87.5 Å². The molecule has 1 fully saturated rings. The van der Waals surface area contributed by atoms with Gasteiger partial charge in [-0.05, 0) is 48.4 Å². The molecule has 0 amide bonds. The van der Waals surface area contributed by atoms with E-state index in [9.17, 15) is 0 Å². The first-order valence-corrected chi connectivity index (χ1v) is 25.1. The molecule has 9 nitrogen and oxygen atoms in total. The number of hydrogen-bond donors (Lipinski definition) is 0. The van der Waals surface area contributed by atoms with Crippen molar-refractivity contribution in [2.75, 3.05) is 48.1 Å². The van der Waals surface area contributed by atoms with Crippen LogP contribution in [0.4, 0.5) is 0 Å². The van der Waals surface area contributed by atoms with Crippen molar-refractivity contribution in [2.45, 2.75) is 143 Å². The van der Waals surface area contributed by atoms with Crippen LogP contribution >= 0.6 is 0 Å². The topological polar surface area (TPSA) is 83.1 Å². The molecular weight excluding hydrogens is 693 g/mol. The maximum atomic E-state index is 7.28. The summed E-state index contributed by atoms with van der Waals surface area (Å²) in [6.45, 7) is 28.9. The minimum absolute atomic E-state index is 0.0316. The number of methoxy groups -OCH3 is 3. The van der Waals surface area contributed by atoms with Crippen molar-refractivity contribution in [2.24, 2.45) is 23.7 Å². The third-order valence-electron chi connectivity index (χ3n) is 11.6. The largest absolute Gasteiger partial charge is 0.497 e. The molecule has 1 saturated heterocycles. The fourth-order valence-corrected chi connectivity index (χ4v) is 11.0. The average Bonchev–Trinajstić information content (AvgIpc) is 3.12. The van der Waals surface area contributed by atoms with E-state index in [1.54, 1.807) is 21.3 Å². The summed E-state index contributed by atoms with van der Waals surface area (Å²) in [5.74, 6) is 1.32. The molecular formula is C41H76O9Si2. The number of hydrogen-bond acceptors (Lipinski definition) is 9. The normalized spacial score (nSPS) is 22.6. The molecule has 1 aromatic rings. The van der Waals surface area contributed by atoms with E-state index in [2.05, 4.69) is 94.5 Å². The summed E-state index contributed by atoms with van der Waals surface area (Å²) >= 11 is 0. The Morgan fingerprint density at radius 1 is 0.885 bits per heavy atom. The Kier molecular flexibility index (Phi) is 20.3. The van der Waals surface area contributed by atoms with Gasteiger partial charge in [0.1, 0.15) is 19.3 Å². The quantitative estimate of drug-likeness (QED) is 0.0580. The molecule has 2 rings (SSSR count). The molecule has 1 aliphatic rings. The minimum Gasteiger partial charge on any atom is -0.497 e. The van der Waals surface area contributed by atoms with Crippen molar-refractivity contribution in [3.8, 4) is 5.75 Å². The molecule has 0 saturated carbocycles. The molecule has 1 aromatic carbocycles. The first-order valence-electron chi connectivity index (χ1n) is 19.6. The molecule has 0 aliphatic carbocycles. The van der Waals surface area contributed by atoms with Crippen LogP contribution < -0.4 is 4.74 Å². The van der Waals surface area contributed by atoms with Crippen molar-refractivity contribution < 1.29 is 42.0 Å². The van der Waals surface area contributed by atoms with Crippen molar-refractivity contribution >= 4 is 16.6 Å². The molecule has 9 atom stereocenters. The number of benzene rings is 1. The molecule has 52 heavy (non-hydrogen) atoms. The van der Waals surface area contributed by atoms with Gasteiger partial charge in [-0.1, -0.05) is 93.5 Å². The Labute approximate surface area is 320 Å². The third kappa shape index (κ3) is 13.9. The van der Waals surface area contributed by atoms with Gasteiger partial charge in [0.15, 0.2) is 22.9 Å². The van der Waals surface area contributed by atoms with E-state index in [0.717, 1.165) is 29.4 Å². The summed E-state index contributed by atoms with van der Waals surface area (Å²) in [4.78, 5) is 0. The fraction of sp³-hybridized carbons (Fsp3) is 0.805. The Hall–Kier alpha value is -1.13. The van der Waals surface area contributed by atoms with Crippen LogP contribution in [-0.2, 0) is 37.3 Å². The van der Waals surface area contributed by atoms with Gasteiger partial charge >= 0.3 is 0 Å². The van der Waals surface area contributed by atoms with Crippen molar-refractivity contribution in [1.29, 1.82) is 0 Å². The van der Waals surface area contributed by atoms with E-state index in [1.165, 1.54) is 0 Å². The summed E-state index contributed by atoms with van der Waals surface area (Å²) in [5.41, 5.74) is 0.974. The standard InChI is InChI=1S/C41H76O9Si2/c1-16-52(17-2,18-3)48-27-32(6)38(47-29-43-12)30(4)19-22-36(46-28-42-11)25-37(50-51(14,15)41(8,9)10)33(7)39-31(5)26-45-40(49-39)34-20-23-35(44-13)24-21-34/h19-24,30-33,36-40H,16-18,25-29H2,1-15H3/b22-19-/t30-,31-,32-,33-,36+,37-,38-,39+,40+/m0/s1. The van der Waals surface area contributed by atoms with Gasteiger partial charge in [-0.25, -0.2) is 0 Å². The van der Waals surface area contributed by atoms with Crippen LogP contribution in [0, 0.1) is 23.7 Å². The highest BCUT2D eigenvalue weighted by Gasteiger charge is 2.44. The highest BCUT2D eigenvalue weighted by atomic mass is 28.4. The Morgan fingerprint density at radius 3 is 2.02 bits per heavy atom. The first-order chi connectivity index (χ1) is 24.5. The molecule has 1 heterocycles. The third-order valence-corrected chi connectivity index (χ3v) is 20.8. The Morgan fingerprint density at radius 2 is 1.48 bits per heavy atom. The van der Waals surface area contributed by atoms with Crippen molar-refractivity contribution in [1.82, 2.24) is 0 Å². The second kappa shape index (κ2) is 22.4. The van der Waals surface area contributed by atoms with Gasteiger partial charge in [-0.3, -0.25) is 0 Å². The smallest absolute Gasteiger partial charge is 0.192 e. The van der Waals surface area contributed by atoms with E-state index < -0.39 is 22.9 Å². The number of ether oxygens (including phenoxy) is 7. The molecule has 11 heteroatoms. The van der Waals surface area contributed by atoms with E-state index in [0.29, 0.717) is 19.6 Å². The zero-order chi connectivity index (χ0) is 39.1. The number of rotatable bonds is 24. The lowest BCUT2D eigenvalue weighted by atomic mass is 9.86. The van der Waals surface area contributed by atoms with E-state index in [-0.39, 0.29) is 66.7 Å². The fourth-order valence-electron chi connectivity index (χ4n) is 6.80. The predicted molar refractivity (Wildman–Crippen MR) is 216 cm³/mol. The highest BCUT2D eigenvalue weighted by molar-refractivity contribution is 6.74. The predicted octanol–water partition coefficient (Wildman–Crippen LogP) is 9.99. The zero-order valence-corrected chi connectivity index (χ0v) is 37.5. The van der Waals surface area contributed by atoms with Gasteiger partial charge in [0.25, 0.3) is 0 Å². The molecule has 0 radical (unpaired) electrons. The molecule has 1 aliphatic heterocycles. The first kappa shape index (κ1) is 47.0. The lowest BCUT2D eigenvalue weighted by Gasteiger charge is -2.45. The van der Waals surface area contributed by atoms with E-state index in [4.69, 9.17) is 42.0 Å². The SMILES string of the molecule is CC[Si](CC)(CC)OC[C@H](C)[C@@H](OCOC)[C@@H](C)/C=C\[C@H](C[C@H](O[Si](C)(C)C(C)(C)C)[C@H](C)[C@@H]1O[C@H](c2ccc(OC)cc2)OC[C@@H]1C)OCOC. The van der Waals surface area contributed by atoms with Crippen LogP contribution in [0.25, 0.3) is 0 Å². The summed E-state index contributed by atoms with van der Waals surface area (Å²) in [6, 6.07) is 11.3. The van der Waals surface area contributed by atoms with Gasteiger partial charge in [0.05, 0.1) is 38.1 Å². The molecule has 0 bridgehead atoms. The molecule has 0 aromatic heterocycles. The van der Waals surface area contributed by atoms with Crippen LogP contribution in [0.15, 0.2) is 36.4 Å². The van der Waals surface area contributed by atoms with Crippen LogP contribution in [-0.4, -0.2) is 89.2 Å². The molecule has 0 unspecified atom stereocenters. The van der Waals surface area contributed by atoms with Gasteiger partial charge in [0, 0.05) is 56.5 Å². The molecule has 0 spiro atoms. The van der Waals surface area contributed by atoms with Crippen LogP contribution in [0.2, 0.25) is 36.3 Å². The van der Waals surface area contributed by atoms with Crippen LogP contribution in [0.5, 0.6) is 5.75 Å². The summed E-state index contributed by atoms with van der Waals surface area (Å²) < 4.78 is 55.8. The average molecular weight is 769 g/mol. The maximum absolute atomic E-state index is 7.28. The molecule has 302 valence electrons. The minimum atomic E-state index is -2.19. The maximum Gasteiger partial charge on any atom is 0.192 e. The Bertz CT molecular complexity index is 1130.